The van der Waals surface area contributed by atoms with E-state index >= 15 is 0 Å². The molecule has 0 radical (unpaired) electrons. The third kappa shape index (κ3) is 4.09. The van der Waals surface area contributed by atoms with Crippen molar-refractivity contribution >= 4 is 11.3 Å². The fourth-order valence-electron chi connectivity index (χ4n) is 2.27. The number of aryl methyl sites for hydroxylation is 1. The second-order valence-corrected chi connectivity index (χ2v) is 6.33. The van der Waals surface area contributed by atoms with Crippen molar-refractivity contribution in [1.82, 2.24) is 5.32 Å². The summed E-state index contributed by atoms with van der Waals surface area (Å²) in [5.74, 6) is 0.930. The fraction of sp³-hybridized carbons (Fsp3) is 0.412. The van der Waals surface area contributed by atoms with Gasteiger partial charge in [-0.2, -0.15) is 0 Å². The lowest BCUT2D eigenvalue weighted by Crippen LogP contribution is -2.23. The Hall–Kier alpha value is -1.32. The summed E-state index contributed by atoms with van der Waals surface area (Å²) < 4.78 is 5.31. The minimum absolute atomic E-state index is 0.390. The molecule has 1 heterocycles. The zero-order valence-electron chi connectivity index (χ0n) is 12.5. The molecule has 1 aromatic heterocycles. The molecular weight excluding hydrogens is 266 g/mol. The minimum atomic E-state index is 0.390. The van der Waals surface area contributed by atoms with Gasteiger partial charge in [0, 0.05) is 15.8 Å². The smallest absolute Gasteiger partial charge is 0.119 e. The van der Waals surface area contributed by atoms with Crippen molar-refractivity contribution in [3.05, 3.63) is 51.7 Å². The molecule has 0 saturated heterocycles. The normalized spacial score (nSPS) is 12.3. The van der Waals surface area contributed by atoms with Gasteiger partial charge in [0.05, 0.1) is 7.11 Å². The van der Waals surface area contributed by atoms with Crippen LogP contribution < -0.4 is 10.1 Å². The van der Waals surface area contributed by atoms with Crippen LogP contribution in [0, 0.1) is 6.92 Å². The molecule has 0 aliphatic rings. The maximum Gasteiger partial charge on any atom is 0.119 e. The van der Waals surface area contributed by atoms with Crippen molar-refractivity contribution in [3.63, 3.8) is 0 Å². The fourth-order valence-corrected chi connectivity index (χ4v) is 3.22. The van der Waals surface area contributed by atoms with E-state index in [1.807, 2.05) is 17.4 Å². The maximum atomic E-state index is 5.31. The average Bonchev–Trinajstić information content (AvgIpc) is 2.90. The van der Waals surface area contributed by atoms with Crippen molar-refractivity contribution in [2.75, 3.05) is 13.7 Å². The van der Waals surface area contributed by atoms with Gasteiger partial charge in [-0.05, 0) is 56.1 Å². The highest BCUT2D eigenvalue weighted by molar-refractivity contribution is 7.12. The molecule has 108 valence electrons. The Bertz CT molecular complexity index is 535. The van der Waals surface area contributed by atoms with E-state index in [1.165, 1.54) is 15.3 Å². The van der Waals surface area contributed by atoms with Crippen LogP contribution in [0.4, 0.5) is 0 Å². The molecule has 2 rings (SSSR count). The van der Waals surface area contributed by atoms with Crippen LogP contribution in [0.3, 0.4) is 0 Å². The summed E-state index contributed by atoms with van der Waals surface area (Å²) in [5.41, 5.74) is 1.31. The van der Waals surface area contributed by atoms with Gasteiger partial charge in [0.25, 0.3) is 0 Å². The molecular formula is C17H23NOS. The lowest BCUT2D eigenvalue weighted by molar-refractivity contribution is 0.414. The molecule has 2 aromatic rings. The Balaban J connectivity index is 2.14. The van der Waals surface area contributed by atoms with Crippen LogP contribution in [-0.4, -0.2) is 13.7 Å². The molecule has 0 amide bonds. The Morgan fingerprint density at radius 2 is 2.10 bits per heavy atom. The van der Waals surface area contributed by atoms with E-state index in [1.54, 1.807) is 7.11 Å². The molecule has 1 aromatic carbocycles. The van der Waals surface area contributed by atoms with Gasteiger partial charge in [-0.3, -0.25) is 0 Å². The van der Waals surface area contributed by atoms with Gasteiger partial charge in [0.1, 0.15) is 5.75 Å². The number of nitrogens with one attached hydrogen (secondary N) is 1. The van der Waals surface area contributed by atoms with Crippen LogP contribution in [-0.2, 0) is 6.42 Å². The Morgan fingerprint density at radius 3 is 2.75 bits per heavy atom. The number of hydrogen-bond donors (Lipinski definition) is 1. The number of benzene rings is 1. The standard InChI is InChI=1S/C17H23NOS/c1-4-10-18-16(17-9-8-13(2)20-17)12-14-6-5-7-15(11-14)19-3/h5-9,11,16,18H,4,10,12H2,1-3H3. The van der Waals surface area contributed by atoms with E-state index < -0.39 is 0 Å². The SMILES string of the molecule is CCCNC(Cc1cccc(OC)c1)c1ccc(C)s1. The Morgan fingerprint density at radius 1 is 1.25 bits per heavy atom. The quantitative estimate of drug-likeness (QED) is 0.818. The summed E-state index contributed by atoms with van der Waals surface area (Å²) in [6.45, 7) is 5.41. The first-order valence-electron chi connectivity index (χ1n) is 7.15. The first-order valence-corrected chi connectivity index (χ1v) is 7.97. The molecule has 0 fully saturated rings. The Kier molecular flexibility index (Phi) is 5.62. The van der Waals surface area contributed by atoms with Gasteiger partial charge in [-0.25, -0.2) is 0 Å². The van der Waals surface area contributed by atoms with Crippen LogP contribution in [0.2, 0.25) is 0 Å². The monoisotopic (exact) mass is 289 g/mol. The zero-order valence-corrected chi connectivity index (χ0v) is 13.3. The summed E-state index contributed by atoms with van der Waals surface area (Å²) in [6, 6.07) is 13.2. The molecule has 1 unspecified atom stereocenters. The molecule has 20 heavy (non-hydrogen) atoms. The van der Waals surface area contributed by atoms with Crippen LogP contribution >= 0.6 is 11.3 Å². The number of thiophene rings is 1. The zero-order chi connectivity index (χ0) is 14.4. The van der Waals surface area contributed by atoms with E-state index in [9.17, 15) is 0 Å². The van der Waals surface area contributed by atoms with E-state index in [0.29, 0.717) is 6.04 Å². The van der Waals surface area contributed by atoms with Gasteiger partial charge < -0.3 is 10.1 Å². The third-order valence-corrected chi connectivity index (χ3v) is 4.43. The molecule has 2 nitrogen and oxygen atoms in total. The van der Waals surface area contributed by atoms with Gasteiger partial charge >= 0.3 is 0 Å². The lowest BCUT2D eigenvalue weighted by atomic mass is 10.0. The van der Waals surface area contributed by atoms with Gasteiger partial charge in [-0.15, -0.1) is 11.3 Å². The molecule has 0 spiro atoms. The van der Waals surface area contributed by atoms with Crippen LogP contribution in [0.25, 0.3) is 0 Å². The van der Waals surface area contributed by atoms with E-state index in [0.717, 1.165) is 25.1 Å². The summed E-state index contributed by atoms with van der Waals surface area (Å²) in [4.78, 5) is 2.78. The number of rotatable bonds is 7. The first kappa shape index (κ1) is 15.1. The van der Waals surface area contributed by atoms with Crippen LogP contribution in [0.15, 0.2) is 36.4 Å². The third-order valence-electron chi connectivity index (χ3n) is 3.32. The Labute approximate surface area is 125 Å². The highest BCUT2D eigenvalue weighted by atomic mass is 32.1. The molecule has 0 saturated carbocycles. The average molecular weight is 289 g/mol. The van der Waals surface area contributed by atoms with Gasteiger partial charge in [-0.1, -0.05) is 19.1 Å². The summed E-state index contributed by atoms with van der Waals surface area (Å²) in [7, 11) is 1.72. The predicted octanol–water partition coefficient (Wildman–Crippen LogP) is 4.35. The van der Waals surface area contributed by atoms with E-state index in [2.05, 4.69) is 49.5 Å². The topological polar surface area (TPSA) is 21.3 Å². The minimum Gasteiger partial charge on any atom is -0.497 e. The second-order valence-electron chi connectivity index (χ2n) is 5.01. The van der Waals surface area contributed by atoms with Crippen LogP contribution in [0.1, 0.15) is 34.7 Å². The van der Waals surface area contributed by atoms with Crippen LogP contribution in [0.5, 0.6) is 5.75 Å². The second kappa shape index (κ2) is 7.46. The first-order chi connectivity index (χ1) is 9.72. The number of hydrogen-bond acceptors (Lipinski definition) is 3. The summed E-state index contributed by atoms with van der Waals surface area (Å²) in [5, 5.41) is 3.65. The highest BCUT2D eigenvalue weighted by Crippen LogP contribution is 2.26. The maximum absolute atomic E-state index is 5.31. The van der Waals surface area contributed by atoms with E-state index in [-0.39, 0.29) is 0 Å². The van der Waals surface area contributed by atoms with Gasteiger partial charge in [0.2, 0.25) is 0 Å². The predicted molar refractivity (Wildman–Crippen MR) is 86.8 cm³/mol. The van der Waals surface area contributed by atoms with Crippen molar-refractivity contribution < 1.29 is 4.74 Å². The van der Waals surface area contributed by atoms with Crippen molar-refractivity contribution in [2.24, 2.45) is 0 Å². The highest BCUT2D eigenvalue weighted by Gasteiger charge is 2.13. The van der Waals surface area contributed by atoms with E-state index in [4.69, 9.17) is 4.74 Å². The molecule has 3 heteroatoms. The summed E-state index contributed by atoms with van der Waals surface area (Å²) in [6.07, 6.45) is 2.15. The largest absolute Gasteiger partial charge is 0.497 e. The molecule has 0 aliphatic carbocycles. The molecule has 1 atom stereocenters. The molecule has 1 N–H and O–H groups in total. The number of methoxy groups -OCH3 is 1. The number of ether oxygens (including phenoxy) is 1. The van der Waals surface area contributed by atoms with Crippen molar-refractivity contribution in [1.29, 1.82) is 0 Å². The van der Waals surface area contributed by atoms with Gasteiger partial charge in [0.15, 0.2) is 0 Å². The lowest BCUT2D eigenvalue weighted by Gasteiger charge is -2.17. The molecule has 0 bridgehead atoms. The van der Waals surface area contributed by atoms with Crippen molar-refractivity contribution in [2.45, 2.75) is 32.7 Å². The molecule has 0 aliphatic heterocycles. The summed E-state index contributed by atoms with van der Waals surface area (Å²) >= 11 is 1.88. The van der Waals surface area contributed by atoms with Crippen molar-refractivity contribution in [3.8, 4) is 5.75 Å².